The predicted molar refractivity (Wildman–Crippen MR) is 131 cm³/mol. The normalized spacial score (nSPS) is 19.9. The number of aryl methyl sites for hydroxylation is 1. The number of carbonyl (C=O) groups excluding carboxylic acids is 1. The number of piperazine rings is 1. The van der Waals surface area contributed by atoms with Gasteiger partial charge in [0.15, 0.2) is 5.16 Å². The molecule has 1 atom stereocenters. The van der Waals surface area contributed by atoms with Gasteiger partial charge in [-0.25, -0.2) is 9.97 Å². The van der Waals surface area contributed by atoms with E-state index in [0.717, 1.165) is 67.1 Å². The van der Waals surface area contributed by atoms with E-state index in [0.29, 0.717) is 6.04 Å². The average molecular weight is 454 g/mol. The lowest BCUT2D eigenvalue weighted by Gasteiger charge is -2.34. The fraction of sp³-hybridized carbons (Fsp3) is 0.560. The van der Waals surface area contributed by atoms with Gasteiger partial charge in [0.2, 0.25) is 0 Å². The Bertz CT molecular complexity index is 911. The summed E-state index contributed by atoms with van der Waals surface area (Å²) in [5, 5.41) is 0.842. The minimum absolute atomic E-state index is 0.136. The number of nitrogens with zero attached hydrogens (tertiary/aromatic N) is 5. The lowest BCUT2D eigenvalue weighted by Crippen LogP contribution is -2.47. The summed E-state index contributed by atoms with van der Waals surface area (Å²) in [4.78, 5) is 29.1. The van der Waals surface area contributed by atoms with Crippen molar-refractivity contribution in [1.82, 2.24) is 19.8 Å². The molecule has 2 saturated heterocycles. The van der Waals surface area contributed by atoms with Crippen molar-refractivity contribution < 1.29 is 4.79 Å². The number of piperidine rings is 1. The van der Waals surface area contributed by atoms with E-state index in [9.17, 15) is 4.79 Å². The van der Waals surface area contributed by atoms with Crippen molar-refractivity contribution in [2.75, 3.05) is 44.7 Å². The molecule has 0 bridgehead atoms. The SMILES string of the molecule is CCc1cc(N2CCCC[C@H]2C)nc(SCc2ccc(C(=O)N3CCN(C)CC3)cc2)n1. The molecule has 2 aromatic rings. The number of hydrogen-bond donors (Lipinski definition) is 0. The largest absolute Gasteiger partial charge is 0.354 e. The fourth-order valence-corrected chi connectivity index (χ4v) is 5.20. The molecule has 7 heteroatoms. The van der Waals surface area contributed by atoms with Crippen molar-refractivity contribution in [1.29, 1.82) is 0 Å². The maximum Gasteiger partial charge on any atom is 0.253 e. The minimum Gasteiger partial charge on any atom is -0.354 e. The summed E-state index contributed by atoms with van der Waals surface area (Å²) >= 11 is 1.68. The highest BCUT2D eigenvalue weighted by molar-refractivity contribution is 7.98. The maximum atomic E-state index is 12.8. The number of rotatable bonds is 6. The summed E-state index contributed by atoms with van der Waals surface area (Å²) in [7, 11) is 2.10. The molecule has 0 N–H and O–H groups in total. The zero-order chi connectivity index (χ0) is 22.5. The third-order valence-electron chi connectivity index (χ3n) is 6.56. The van der Waals surface area contributed by atoms with E-state index in [1.54, 1.807) is 11.8 Å². The summed E-state index contributed by atoms with van der Waals surface area (Å²) in [6.07, 6.45) is 4.68. The van der Waals surface area contributed by atoms with Crippen LogP contribution in [0, 0.1) is 0 Å². The monoisotopic (exact) mass is 453 g/mol. The van der Waals surface area contributed by atoms with Crippen LogP contribution in [0.2, 0.25) is 0 Å². The van der Waals surface area contributed by atoms with E-state index in [1.165, 1.54) is 24.8 Å². The van der Waals surface area contributed by atoms with Gasteiger partial charge in [-0.05, 0) is 57.4 Å². The zero-order valence-corrected chi connectivity index (χ0v) is 20.4. The molecule has 1 aromatic carbocycles. The van der Waals surface area contributed by atoms with Gasteiger partial charge in [-0.3, -0.25) is 4.79 Å². The van der Waals surface area contributed by atoms with Crippen molar-refractivity contribution >= 4 is 23.5 Å². The number of aromatic nitrogens is 2. The first-order valence-electron chi connectivity index (χ1n) is 11.9. The molecule has 0 spiro atoms. The highest BCUT2D eigenvalue weighted by atomic mass is 32.2. The molecule has 0 aliphatic carbocycles. The Labute approximate surface area is 196 Å². The summed E-state index contributed by atoms with van der Waals surface area (Å²) in [6.45, 7) is 9.01. The van der Waals surface area contributed by atoms with Crippen LogP contribution in [0.4, 0.5) is 5.82 Å². The minimum atomic E-state index is 0.136. The van der Waals surface area contributed by atoms with Crippen LogP contribution in [0.25, 0.3) is 0 Å². The number of benzene rings is 1. The third kappa shape index (κ3) is 5.62. The molecule has 2 fully saturated rings. The Morgan fingerprint density at radius 3 is 2.50 bits per heavy atom. The van der Waals surface area contributed by atoms with E-state index < -0.39 is 0 Å². The van der Waals surface area contributed by atoms with Gasteiger partial charge in [0.05, 0.1) is 0 Å². The van der Waals surface area contributed by atoms with Gasteiger partial charge in [-0.1, -0.05) is 30.8 Å². The topological polar surface area (TPSA) is 52.6 Å². The maximum absolute atomic E-state index is 12.8. The first-order chi connectivity index (χ1) is 15.5. The second-order valence-corrected chi connectivity index (χ2v) is 9.92. The molecule has 4 rings (SSSR count). The highest BCUT2D eigenvalue weighted by Crippen LogP contribution is 2.27. The van der Waals surface area contributed by atoms with E-state index in [2.05, 4.69) is 48.9 Å². The van der Waals surface area contributed by atoms with E-state index in [1.807, 2.05) is 17.0 Å². The first-order valence-corrected chi connectivity index (χ1v) is 12.9. The molecule has 172 valence electrons. The summed E-state index contributed by atoms with van der Waals surface area (Å²) < 4.78 is 0. The Balaban J connectivity index is 1.40. The second kappa shape index (κ2) is 10.7. The van der Waals surface area contributed by atoms with Gasteiger partial charge in [-0.15, -0.1) is 0 Å². The van der Waals surface area contributed by atoms with Gasteiger partial charge in [-0.2, -0.15) is 0 Å². The Morgan fingerprint density at radius 1 is 1.06 bits per heavy atom. The molecule has 2 aliphatic rings. The van der Waals surface area contributed by atoms with Crippen LogP contribution < -0.4 is 4.90 Å². The molecule has 32 heavy (non-hydrogen) atoms. The molecule has 0 radical (unpaired) electrons. The van der Waals surface area contributed by atoms with Crippen LogP contribution in [0.3, 0.4) is 0 Å². The standard InChI is InChI=1S/C25H35N5OS/c1-4-22-17-23(30-12-6-5-7-19(30)2)27-25(26-22)32-18-20-8-10-21(11-9-20)24(31)29-15-13-28(3)14-16-29/h8-11,17,19H,4-7,12-16,18H2,1-3H3/t19-/m1/s1. The number of hydrogen-bond acceptors (Lipinski definition) is 6. The van der Waals surface area contributed by atoms with Crippen molar-refractivity contribution in [3.63, 3.8) is 0 Å². The molecule has 1 aromatic heterocycles. The van der Waals surface area contributed by atoms with Crippen molar-refractivity contribution in [2.45, 2.75) is 56.5 Å². The molecule has 2 aliphatic heterocycles. The second-order valence-electron chi connectivity index (χ2n) is 8.97. The predicted octanol–water partition coefficient (Wildman–Crippen LogP) is 4.10. The molecular formula is C25H35N5OS. The van der Waals surface area contributed by atoms with Gasteiger partial charge in [0.25, 0.3) is 5.91 Å². The average Bonchev–Trinajstić information content (AvgIpc) is 2.83. The van der Waals surface area contributed by atoms with Crippen molar-refractivity contribution in [2.24, 2.45) is 0 Å². The first kappa shape index (κ1) is 23.1. The van der Waals surface area contributed by atoms with E-state index in [4.69, 9.17) is 9.97 Å². The zero-order valence-electron chi connectivity index (χ0n) is 19.6. The van der Waals surface area contributed by atoms with Gasteiger partial charge in [0, 0.05) is 61.8 Å². The highest BCUT2D eigenvalue weighted by Gasteiger charge is 2.22. The fourth-order valence-electron chi connectivity index (χ4n) is 4.37. The lowest BCUT2D eigenvalue weighted by molar-refractivity contribution is 0.0664. The lowest BCUT2D eigenvalue weighted by atomic mass is 10.0. The van der Waals surface area contributed by atoms with Crippen LogP contribution in [-0.4, -0.2) is 71.5 Å². The van der Waals surface area contributed by atoms with E-state index in [-0.39, 0.29) is 5.91 Å². The third-order valence-corrected chi connectivity index (χ3v) is 7.48. The molecule has 0 unspecified atom stereocenters. The van der Waals surface area contributed by atoms with Gasteiger partial charge < -0.3 is 14.7 Å². The van der Waals surface area contributed by atoms with Gasteiger partial charge >= 0.3 is 0 Å². The summed E-state index contributed by atoms with van der Waals surface area (Å²) in [5.41, 5.74) is 3.06. The molecule has 0 saturated carbocycles. The van der Waals surface area contributed by atoms with Crippen LogP contribution in [0.1, 0.15) is 54.7 Å². The number of anilines is 1. The number of amides is 1. The Kier molecular flexibility index (Phi) is 7.68. The summed E-state index contributed by atoms with van der Waals surface area (Å²) in [6, 6.07) is 10.7. The molecule has 6 nitrogen and oxygen atoms in total. The number of carbonyl (C=O) groups is 1. The molecule has 1 amide bonds. The summed E-state index contributed by atoms with van der Waals surface area (Å²) in [5.74, 6) is 2.00. The van der Waals surface area contributed by atoms with Crippen LogP contribution in [0.5, 0.6) is 0 Å². The van der Waals surface area contributed by atoms with Gasteiger partial charge in [0.1, 0.15) is 5.82 Å². The number of likely N-dealkylation sites (N-methyl/N-ethyl adjacent to an activating group) is 1. The quantitative estimate of drug-likeness (QED) is 0.485. The van der Waals surface area contributed by atoms with E-state index >= 15 is 0 Å². The van der Waals surface area contributed by atoms with Crippen molar-refractivity contribution in [3.8, 4) is 0 Å². The number of thioether (sulfide) groups is 1. The molecule has 3 heterocycles. The Hall–Kier alpha value is -2.12. The van der Waals surface area contributed by atoms with Crippen LogP contribution in [-0.2, 0) is 12.2 Å². The van der Waals surface area contributed by atoms with Crippen molar-refractivity contribution in [3.05, 3.63) is 47.2 Å². The smallest absolute Gasteiger partial charge is 0.253 e. The molecular weight excluding hydrogens is 418 g/mol. The Morgan fingerprint density at radius 2 is 1.81 bits per heavy atom. The van der Waals surface area contributed by atoms with Crippen LogP contribution >= 0.6 is 11.8 Å². The van der Waals surface area contributed by atoms with Crippen LogP contribution in [0.15, 0.2) is 35.5 Å².